The molecule has 1 aliphatic rings. The van der Waals surface area contributed by atoms with Gasteiger partial charge in [-0.25, -0.2) is 0 Å². The van der Waals surface area contributed by atoms with Gasteiger partial charge in [-0.15, -0.1) is 0 Å². The Hall–Kier alpha value is 0.200. The van der Waals surface area contributed by atoms with Gasteiger partial charge in [0.15, 0.2) is 0 Å². The fourth-order valence-electron chi connectivity index (χ4n) is 1.37. The summed E-state index contributed by atoms with van der Waals surface area (Å²) >= 11 is 2.26. The van der Waals surface area contributed by atoms with Gasteiger partial charge >= 0.3 is 5.97 Å². The zero-order valence-electron chi connectivity index (χ0n) is 6.84. The second kappa shape index (κ2) is 3.74. The van der Waals surface area contributed by atoms with Gasteiger partial charge in [0.1, 0.15) is 6.10 Å². The zero-order chi connectivity index (χ0) is 8.43. The summed E-state index contributed by atoms with van der Waals surface area (Å²) in [6.45, 7) is 4.08. The van der Waals surface area contributed by atoms with Gasteiger partial charge < -0.3 is 4.74 Å². The van der Waals surface area contributed by atoms with E-state index in [0.29, 0.717) is 5.92 Å². The predicted octanol–water partition coefficient (Wildman–Crippen LogP) is 2.01. The van der Waals surface area contributed by atoms with E-state index in [1.807, 2.05) is 6.92 Å². The van der Waals surface area contributed by atoms with Crippen LogP contribution in [-0.2, 0) is 9.53 Å². The Morgan fingerprint density at radius 2 is 2.27 bits per heavy atom. The topological polar surface area (TPSA) is 26.3 Å². The molecule has 2 nitrogen and oxygen atoms in total. The van der Waals surface area contributed by atoms with Crippen LogP contribution in [0.4, 0.5) is 0 Å². The van der Waals surface area contributed by atoms with Crippen LogP contribution in [0.25, 0.3) is 0 Å². The lowest BCUT2D eigenvalue weighted by molar-refractivity contribution is -0.161. The smallest absolute Gasteiger partial charge is 0.308 e. The van der Waals surface area contributed by atoms with Crippen molar-refractivity contribution in [3.05, 3.63) is 0 Å². The zero-order valence-corrected chi connectivity index (χ0v) is 9.00. The molecule has 0 unspecified atom stereocenters. The van der Waals surface area contributed by atoms with Gasteiger partial charge in [0.25, 0.3) is 0 Å². The first kappa shape index (κ1) is 9.29. The van der Waals surface area contributed by atoms with Crippen molar-refractivity contribution in [1.82, 2.24) is 0 Å². The third kappa shape index (κ3) is 2.07. The number of cyclic esters (lactones) is 1. The number of esters is 1. The van der Waals surface area contributed by atoms with Crippen molar-refractivity contribution in [2.24, 2.45) is 11.8 Å². The van der Waals surface area contributed by atoms with Crippen LogP contribution >= 0.6 is 22.6 Å². The van der Waals surface area contributed by atoms with Gasteiger partial charge in [0.2, 0.25) is 0 Å². The number of halogens is 1. The molecule has 3 heteroatoms. The van der Waals surface area contributed by atoms with Crippen LogP contribution in [0, 0.1) is 11.8 Å². The monoisotopic (exact) mass is 268 g/mol. The molecule has 0 amide bonds. The van der Waals surface area contributed by atoms with Gasteiger partial charge in [0, 0.05) is 4.43 Å². The third-order valence-corrected chi connectivity index (χ3v) is 3.05. The summed E-state index contributed by atoms with van der Waals surface area (Å²) in [4.78, 5) is 11.1. The number of hydrogen-bond acceptors (Lipinski definition) is 2. The molecule has 0 aromatic rings. The van der Waals surface area contributed by atoms with Crippen molar-refractivity contribution < 1.29 is 9.53 Å². The summed E-state index contributed by atoms with van der Waals surface area (Å²) in [6, 6.07) is 0. The minimum atomic E-state index is -0.0234. The number of ether oxygens (including phenoxy) is 1. The number of carbonyl (C=O) groups excluding carboxylic acids is 1. The molecule has 0 aliphatic carbocycles. The van der Waals surface area contributed by atoms with E-state index < -0.39 is 0 Å². The molecular weight excluding hydrogens is 255 g/mol. The second-order valence-corrected chi connectivity index (χ2v) is 4.12. The molecule has 11 heavy (non-hydrogen) atoms. The summed E-state index contributed by atoms with van der Waals surface area (Å²) in [6.07, 6.45) is 1.13. The van der Waals surface area contributed by atoms with Crippen LogP contribution < -0.4 is 0 Å². The van der Waals surface area contributed by atoms with Crippen molar-refractivity contribution in [3.63, 3.8) is 0 Å². The van der Waals surface area contributed by atoms with Crippen LogP contribution in [0.3, 0.4) is 0 Å². The number of carbonyl (C=O) groups is 1. The van der Waals surface area contributed by atoms with E-state index in [-0.39, 0.29) is 18.0 Å². The predicted molar refractivity (Wildman–Crippen MR) is 51.7 cm³/mol. The van der Waals surface area contributed by atoms with Crippen LogP contribution in [0.1, 0.15) is 20.3 Å². The molecule has 0 aromatic heterocycles. The molecule has 1 fully saturated rings. The van der Waals surface area contributed by atoms with Crippen molar-refractivity contribution in [2.45, 2.75) is 26.4 Å². The number of alkyl halides is 1. The highest BCUT2D eigenvalue weighted by Gasteiger charge is 2.31. The largest absolute Gasteiger partial charge is 0.461 e. The lowest BCUT2D eigenvalue weighted by Gasteiger charge is -2.30. The van der Waals surface area contributed by atoms with Gasteiger partial charge in [-0.1, -0.05) is 36.4 Å². The molecule has 0 N–H and O–H groups in total. The molecule has 3 atom stereocenters. The average molecular weight is 268 g/mol. The standard InChI is InChI=1S/C8H13IO2/c1-5-3-6(2)8(10)11-7(5)4-9/h5-7H,3-4H2,1-2H3/t5-,6+,7+/m0/s1. The maximum atomic E-state index is 11.1. The molecule has 1 aliphatic heterocycles. The van der Waals surface area contributed by atoms with Crippen molar-refractivity contribution in [1.29, 1.82) is 0 Å². The van der Waals surface area contributed by atoms with E-state index >= 15 is 0 Å². The molecule has 0 saturated carbocycles. The second-order valence-electron chi connectivity index (χ2n) is 3.24. The maximum Gasteiger partial charge on any atom is 0.308 e. The lowest BCUT2D eigenvalue weighted by atomic mass is 9.91. The first-order valence-corrected chi connectivity index (χ1v) is 5.44. The number of rotatable bonds is 1. The molecule has 1 rings (SSSR count). The van der Waals surface area contributed by atoms with Gasteiger partial charge in [-0.3, -0.25) is 4.79 Å². The molecule has 0 bridgehead atoms. The van der Waals surface area contributed by atoms with Crippen LogP contribution in [-0.4, -0.2) is 16.5 Å². The fraction of sp³-hybridized carbons (Fsp3) is 0.875. The fourth-order valence-corrected chi connectivity index (χ4v) is 2.42. The van der Waals surface area contributed by atoms with E-state index in [1.165, 1.54) is 0 Å². The van der Waals surface area contributed by atoms with Crippen molar-refractivity contribution in [3.8, 4) is 0 Å². The molecule has 64 valence electrons. The summed E-state index contributed by atoms with van der Waals surface area (Å²) in [5.74, 6) is 0.605. The van der Waals surface area contributed by atoms with Gasteiger partial charge in [-0.2, -0.15) is 0 Å². The SMILES string of the molecule is C[C@@H]1C[C@H](C)[C@@H](CI)OC1=O. The Morgan fingerprint density at radius 1 is 1.64 bits per heavy atom. The molecular formula is C8H13IO2. The summed E-state index contributed by atoms with van der Waals surface area (Å²) in [5, 5.41) is 0. The first-order valence-electron chi connectivity index (χ1n) is 3.91. The minimum absolute atomic E-state index is 0.0234. The first-order chi connectivity index (χ1) is 5.15. The third-order valence-electron chi connectivity index (χ3n) is 2.18. The highest BCUT2D eigenvalue weighted by molar-refractivity contribution is 14.1. The summed E-state index contributed by atoms with van der Waals surface area (Å²) in [5.41, 5.74) is 0. The molecule has 1 saturated heterocycles. The Balaban J connectivity index is 2.54. The summed E-state index contributed by atoms with van der Waals surface area (Å²) < 4.78 is 6.13. The van der Waals surface area contributed by atoms with Crippen LogP contribution in [0.15, 0.2) is 0 Å². The Labute approximate surface area is 80.8 Å². The van der Waals surface area contributed by atoms with Crippen molar-refractivity contribution >= 4 is 28.6 Å². The Kier molecular flexibility index (Phi) is 3.16. The minimum Gasteiger partial charge on any atom is -0.461 e. The maximum absolute atomic E-state index is 11.1. The summed E-state index contributed by atoms with van der Waals surface area (Å²) in [7, 11) is 0. The lowest BCUT2D eigenvalue weighted by Crippen LogP contribution is -2.36. The van der Waals surface area contributed by atoms with Crippen LogP contribution in [0.5, 0.6) is 0 Å². The van der Waals surface area contributed by atoms with Gasteiger partial charge in [0.05, 0.1) is 5.92 Å². The molecule has 0 spiro atoms. The normalized spacial score (nSPS) is 38.5. The van der Waals surface area contributed by atoms with E-state index in [1.54, 1.807) is 0 Å². The molecule has 1 heterocycles. The van der Waals surface area contributed by atoms with E-state index in [4.69, 9.17) is 4.74 Å². The Morgan fingerprint density at radius 3 is 2.82 bits per heavy atom. The molecule has 0 radical (unpaired) electrons. The highest BCUT2D eigenvalue weighted by Crippen LogP contribution is 2.26. The van der Waals surface area contributed by atoms with E-state index in [9.17, 15) is 4.79 Å². The quantitative estimate of drug-likeness (QED) is 0.413. The van der Waals surface area contributed by atoms with Gasteiger partial charge in [-0.05, 0) is 12.3 Å². The number of hydrogen-bond donors (Lipinski definition) is 0. The highest BCUT2D eigenvalue weighted by atomic mass is 127. The van der Waals surface area contributed by atoms with E-state index in [2.05, 4.69) is 29.5 Å². The average Bonchev–Trinajstić information content (AvgIpc) is 1.97. The molecule has 0 aromatic carbocycles. The Bertz CT molecular complexity index is 158. The van der Waals surface area contributed by atoms with E-state index in [0.717, 1.165) is 10.8 Å². The van der Waals surface area contributed by atoms with Crippen molar-refractivity contribution in [2.75, 3.05) is 4.43 Å². The van der Waals surface area contributed by atoms with Crippen LogP contribution in [0.2, 0.25) is 0 Å².